The van der Waals surface area contributed by atoms with E-state index in [1.807, 2.05) is 76.2 Å². The third-order valence-corrected chi connectivity index (χ3v) is 4.76. The second-order valence-corrected chi connectivity index (χ2v) is 7.33. The molecule has 2 aromatic rings. The zero-order valence-electron chi connectivity index (χ0n) is 17.9. The summed E-state index contributed by atoms with van der Waals surface area (Å²) in [5.74, 6) is 0.327. The van der Waals surface area contributed by atoms with E-state index in [1.165, 1.54) is 0 Å². The maximum atomic E-state index is 13.1. The van der Waals surface area contributed by atoms with Gasteiger partial charge in [0.1, 0.15) is 11.8 Å². The van der Waals surface area contributed by atoms with Gasteiger partial charge >= 0.3 is 0 Å². The number of rotatable bonds is 10. The van der Waals surface area contributed by atoms with Gasteiger partial charge in [-0.2, -0.15) is 0 Å². The molecule has 0 aliphatic heterocycles. The van der Waals surface area contributed by atoms with Crippen molar-refractivity contribution in [2.24, 2.45) is 0 Å². The molecule has 1 atom stereocenters. The first-order valence-corrected chi connectivity index (χ1v) is 10.3. The summed E-state index contributed by atoms with van der Waals surface area (Å²) >= 11 is 0. The van der Waals surface area contributed by atoms with Gasteiger partial charge in [0.25, 0.3) is 5.91 Å². The van der Waals surface area contributed by atoms with E-state index in [1.54, 1.807) is 4.90 Å². The Morgan fingerprint density at radius 2 is 1.76 bits per heavy atom. The molecule has 1 unspecified atom stereocenters. The van der Waals surface area contributed by atoms with Crippen LogP contribution in [0.15, 0.2) is 48.5 Å². The third kappa shape index (κ3) is 6.93. The SMILES string of the molecule is CCCNC(=O)C(CC)N(Cc1ccc(C)cc1)C(=O)COc1cccc(C)c1. The summed E-state index contributed by atoms with van der Waals surface area (Å²) < 4.78 is 5.72. The maximum Gasteiger partial charge on any atom is 0.261 e. The molecule has 2 rings (SSSR count). The number of nitrogens with one attached hydrogen (secondary N) is 1. The number of amides is 2. The molecule has 0 aliphatic rings. The van der Waals surface area contributed by atoms with E-state index in [-0.39, 0.29) is 18.4 Å². The molecule has 29 heavy (non-hydrogen) atoms. The Morgan fingerprint density at radius 1 is 1.03 bits per heavy atom. The normalized spacial score (nSPS) is 11.6. The van der Waals surface area contributed by atoms with Crippen LogP contribution >= 0.6 is 0 Å². The van der Waals surface area contributed by atoms with Gasteiger partial charge in [-0.15, -0.1) is 0 Å². The van der Waals surface area contributed by atoms with Crippen LogP contribution in [-0.2, 0) is 16.1 Å². The maximum absolute atomic E-state index is 13.1. The summed E-state index contributed by atoms with van der Waals surface area (Å²) in [6.07, 6.45) is 1.39. The van der Waals surface area contributed by atoms with E-state index >= 15 is 0 Å². The van der Waals surface area contributed by atoms with Crippen molar-refractivity contribution >= 4 is 11.8 Å². The van der Waals surface area contributed by atoms with Crippen LogP contribution in [0.3, 0.4) is 0 Å². The van der Waals surface area contributed by atoms with Crippen molar-refractivity contribution in [2.45, 2.75) is 53.1 Å². The van der Waals surface area contributed by atoms with Crippen molar-refractivity contribution in [1.82, 2.24) is 10.2 Å². The first-order chi connectivity index (χ1) is 13.9. The van der Waals surface area contributed by atoms with E-state index in [0.717, 1.165) is 23.1 Å². The summed E-state index contributed by atoms with van der Waals surface area (Å²) in [6, 6.07) is 15.1. The van der Waals surface area contributed by atoms with Crippen LogP contribution in [0.5, 0.6) is 5.75 Å². The highest BCUT2D eigenvalue weighted by Gasteiger charge is 2.28. The van der Waals surface area contributed by atoms with Crippen molar-refractivity contribution in [3.63, 3.8) is 0 Å². The fourth-order valence-electron chi connectivity index (χ4n) is 3.11. The molecule has 0 saturated heterocycles. The zero-order valence-corrected chi connectivity index (χ0v) is 17.9. The van der Waals surface area contributed by atoms with Crippen LogP contribution in [0, 0.1) is 13.8 Å². The molecule has 2 amide bonds. The molecule has 2 aromatic carbocycles. The lowest BCUT2D eigenvalue weighted by Crippen LogP contribution is -2.50. The van der Waals surface area contributed by atoms with Crippen LogP contribution in [-0.4, -0.2) is 35.9 Å². The number of carbonyl (C=O) groups excluding carboxylic acids is 2. The molecule has 5 heteroatoms. The van der Waals surface area contributed by atoms with Crippen LogP contribution < -0.4 is 10.1 Å². The Balaban J connectivity index is 2.17. The van der Waals surface area contributed by atoms with Gasteiger partial charge in [0.2, 0.25) is 5.91 Å². The number of benzene rings is 2. The minimum atomic E-state index is -0.531. The number of hydrogen-bond acceptors (Lipinski definition) is 3. The summed E-state index contributed by atoms with van der Waals surface area (Å²) in [7, 11) is 0. The molecule has 0 bridgehead atoms. The second-order valence-electron chi connectivity index (χ2n) is 7.33. The average Bonchev–Trinajstić information content (AvgIpc) is 2.71. The molecule has 0 fully saturated rings. The second kappa shape index (κ2) is 11.2. The fourth-order valence-corrected chi connectivity index (χ4v) is 3.11. The lowest BCUT2D eigenvalue weighted by molar-refractivity contribution is -0.143. The van der Waals surface area contributed by atoms with Crippen LogP contribution in [0.2, 0.25) is 0 Å². The van der Waals surface area contributed by atoms with Crippen molar-refractivity contribution in [2.75, 3.05) is 13.2 Å². The van der Waals surface area contributed by atoms with Crippen LogP contribution in [0.25, 0.3) is 0 Å². The van der Waals surface area contributed by atoms with Gasteiger partial charge in [-0.3, -0.25) is 9.59 Å². The van der Waals surface area contributed by atoms with Crippen molar-refractivity contribution in [3.8, 4) is 5.75 Å². The van der Waals surface area contributed by atoms with Gasteiger partial charge in [0.15, 0.2) is 6.61 Å². The Kier molecular flexibility index (Phi) is 8.71. The Labute approximate surface area is 174 Å². The molecule has 5 nitrogen and oxygen atoms in total. The highest BCUT2D eigenvalue weighted by atomic mass is 16.5. The van der Waals surface area contributed by atoms with E-state index in [4.69, 9.17) is 4.74 Å². The first kappa shape index (κ1) is 22.5. The summed E-state index contributed by atoms with van der Waals surface area (Å²) in [4.78, 5) is 27.4. The minimum absolute atomic E-state index is 0.104. The van der Waals surface area contributed by atoms with Gasteiger partial charge in [-0.05, 0) is 49.9 Å². The molecule has 0 spiro atoms. The fraction of sp³-hybridized carbons (Fsp3) is 0.417. The van der Waals surface area contributed by atoms with Gasteiger partial charge in [-0.1, -0.05) is 55.8 Å². The largest absolute Gasteiger partial charge is 0.484 e. The number of ether oxygens (including phenoxy) is 1. The quantitative estimate of drug-likeness (QED) is 0.660. The predicted octanol–water partition coefficient (Wildman–Crippen LogP) is 4.02. The molecular weight excluding hydrogens is 364 g/mol. The topological polar surface area (TPSA) is 58.6 Å². The van der Waals surface area contributed by atoms with Crippen molar-refractivity contribution in [1.29, 1.82) is 0 Å². The number of nitrogens with zero attached hydrogens (tertiary/aromatic N) is 1. The summed E-state index contributed by atoms with van der Waals surface area (Å²) in [5, 5.41) is 2.92. The molecule has 0 radical (unpaired) electrons. The van der Waals surface area contributed by atoms with E-state index in [2.05, 4.69) is 5.32 Å². The van der Waals surface area contributed by atoms with E-state index in [9.17, 15) is 9.59 Å². The average molecular weight is 397 g/mol. The Hall–Kier alpha value is -2.82. The monoisotopic (exact) mass is 396 g/mol. The Bertz CT molecular complexity index is 802. The smallest absolute Gasteiger partial charge is 0.261 e. The van der Waals surface area contributed by atoms with Crippen molar-refractivity contribution < 1.29 is 14.3 Å². The molecule has 0 heterocycles. The van der Waals surface area contributed by atoms with E-state index < -0.39 is 6.04 Å². The molecule has 0 aliphatic carbocycles. The highest BCUT2D eigenvalue weighted by molar-refractivity contribution is 5.88. The molecule has 0 aromatic heterocycles. The van der Waals surface area contributed by atoms with Gasteiger partial charge in [-0.25, -0.2) is 0 Å². The standard InChI is InChI=1S/C24H32N2O3/c1-5-14-25-24(28)22(6-2)26(16-20-12-10-18(3)11-13-20)23(27)17-29-21-9-7-8-19(4)15-21/h7-13,15,22H,5-6,14,16-17H2,1-4H3,(H,25,28). The summed E-state index contributed by atoms with van der Waals surface area (Å²) in [6.45, 7) is 8.79. The lowest BCUT2D eigenvalue weighted by Gasteiger charge is -2.30. The molecular formula is C24H32N2O3. The highest BCUT2D eigenvalue weighted by Crippen LogP contribution is 2.16. The first-order valence-electron chi connectivity index (χ1n) is 10.3. The number of aryl methyl sites for hydroxylation is 2. The van der Waals surface area contributed by atoms with Gasteiger partial charge in [0, 0.05) is 13.1 Å². The van der Waals surface area contributed by atoms with E-state index in [0.29, 0.717) is 25.3 Å². The molecule has 156 valence electrons. The predicted molar refractivity (Wildman–Crippen MR) is 116 cm³/mol. The number of carbonyl (C=O) groups is 2. The molecule has 1 N–H and O–H groups in total. The Morgan fingerprint density at radius 3 is 2.38 bits per heavy atom. The van der Waals surface area contributed by atoms with Crippen LogP contribution in [0.4, 0.5) is 0 Å². The van der Waals surface area contributed by atoms with Gasteiger partial charge < -0.3 is 15.0 Å². The summed E-state index contributed by atoms with van der Waals surface area (Å²) in [5.41, 5.74) is 3.21. The molecule has 0 saturated carbocycles. The zero-order chi connectivity index (χ0) is 21.2. The number of hydrogen-bond donors (Lipinski definition) is 1. The van der Waals surface area contributed by atoms with Crippen LogP contribution in [0.1, 0.15) is 43.4 Å². The van der Waals surface area contributed by atoms with Crippen molar-refractivity contribution in [3.05, 3.63) is 65.2 Å². The minimum Gasteiger partial charge on any atom is -0.484 e. The van der Waals surface area contributed by atoms with Gasteiger partial charge in [0.05, 0.1) is 0 Å². The lowest BCUT2D eigenvalue weighted by atomic mass is 10.1. The third-order valence-electron chi connectivity index (χ3n) is 4.76.